The van der Waals surface area contributed by atoms with Crippen LogP contribution < -0.4 is 0 Å². The van der Waals surface area contributed by atoms with Crippen molar-refractivity contribution in [2.24, 2.45) is 0 Å². The minimum Gasteiger partial charge on any atom is -0.337 e. The van der Waals surface area contributed by atoms with Crippen molar-refractivity contribution in [1.82, 2.24) is 29.6 Å². The maximum absolute atomic E-state index is 12.6. The van der Waals surface area contributed by atoms with Crippen molar-refractivity contribution in [2.45, 2.75) is 6.54 Å². The Morgan fingerprint density at radius 3 is 3.04 bits per heavy atom. The van der Waals surface area contributed by atoms with Crippen molar-refractivity contribution in [3.63, 3.8) is 0 Å². The van der Waals surface area contributed by atoms with Crippen LogP contribution in [0.15, 0.2) is 59.6 Å². The van der Waals surface area contributed by atoms with Crippen LogP contribution in [-0.2, 0) is 6.54 Å². The van der Waals surface area contributed by atoms with E-state index in [1.807, 2.05) is 12.1 Å². The molecule has 0 spiro atoms. The standard InChI is InChI=1S/C17H14N6O2/c1-22(17(24)12-5-8-23-14(9-12)4-7-19-23)11-15-20-16(21-25-15)13-3-2-6-18-10-13/h2-10H,11H2,1H3. The Kier molecular flexibility index (Phi) is 3.70. The Labute approximate surface area is 142 Å². The molecule has 1 amide bonds. The van der Waals surface area contributed by atoms with Gasteiger partial charge in [-0.3, -0.25) is 9.78 Å². The predicted octanol–water partition coefficient (Wildman–Crippen LogP) is 2.05. The van der Waals surface area contributed by atoms with Crippen molar-refractivity contribution in [2.75, 3.05) is 7.05 Å². The van der Waals surface area contributed by atoms with E-state index in [-0.39, 0.29) is 12.5 Å². The first-order valence-electron chi connectivity index (χ1n) is 7.62. The molecule has 0 aliphatic carbocycles. The number of hydrogen-bond acceptors (Lipinski definition) is 6. The van der Waals surface area contributed by atoms with Gasteiger partial charge in [0.1, 0.15) is 0 Å². The second kappa shape index (κ2) is 6.16. The van der Waals surface area contributed by atoms with Crippen molar-refractivity contribution in [3.05, 3.63) is 66.6 Å². The summed E-state index contributed by atoms with van der Waals surface area (Å²) in [5.41, 5.74) is 2.19. The van der Waals surface area contributed by atoms with E-state index in [0.29, 0.717) is 17.3 Å². The third kappa shape index (κ3) is 2.97. The Bertz CT molecular complexity index is 1020. The summed E-state index contributed by atoms with van der Waals surface area (Å²) >= 11 is 0. The Balaban J connectivity index is 1.50. The second-order valence-electron chi connectivity index (χ2n) is 5.53. The van der Waals surface area contributed by atoms with E-state index < -0.39 is 0 Å². The largest absolute Gasteiger partial charge is 0.337 e. The first kappa shape index (κ1) is 15.0. The van der Waals surface area contributed by atoms with Gasteiger partial charge in [0.05, 0.1) is 12.1 Å². The minimum atomic E-state index is -0.134. The molecule has 0 saturated carbocycles. The highest BCUT2D eigenvalue weighted by molar-refractivity contribution is 5.95. The van der Waals surface area contributed by atoms with Gasteiger partial charge in [-0.25, -0.2) is 4.52 Å². The quantitative estimate of drug-likeness (QED) is 0.567. The van der Waals surface area contributed by atoms with Gasteiger partial charge in [0, 0.05) is 43.0 Å². The maximum Gasteiger partial charge on any atom is 0.254 e. The normalized spacial score (nSPS) is 10.9. The zero-order valence-corrected chi connectivity index (χ0v) is 13.4. The Hall–Kier alpha value is -3.55. The van der Waals surface area contributed by atoms with E-state index in [0.717, 1.165) is 11.1 Å². The molecule has 124 valence electrons. The highest BCUT2D eigenvalue weighted by Gasteiger charge is 2.16. The number of nitrogens with zero attached hydrogens (tertiary/aromatic N) is 6. The second-order valence-corrected chi connectivity index (χ2v) is 5.53. The number of fused-ring (bicyclic) bond motifs is 1. The average molecular weight is 334 g/mol. The van der Waals surface area contributed by atoms with Crippen LogP contribution in [0.4, 0.5) is 0 Å². The fraction of sp³-hybridized carbons (Fsp3) is 0.118. The molecule has 8 nitrogen and oxygen atoms in total. The van der Waals surface area contributed by atoms with Gasteiger partial charge in [0.2, 0.25) is 11.7 Å². The van der Waals surface area contributed by atoms with Crippen LogP contribution in [0.3, 0.4) is 0 Å². The topological polar surface area (TPSA) is 89.4 Å². The summed E-state index contributed by atoms with van der Waals surface area (Å²) in [4.78, 5) is 22.5. The molecule has 4 aromatic rings. The number of carbonyl (C=O) groups is 1. The lowest BCUT2D eigenvalue weighted by Crippen LogP contribution is -2.26. The molecule has 0 aromatic carbocycles. The summed E-state index contributed by atoms with van der Waals surface area (Å²) in [5, 5.41) is 8.05. The Morgan fingerprint density at radius 1 is 1.28 bits per heavy atom. The third-order valence-electron chi connectivity index (χ3n) is 3.75. The van der Waals surface area contributed by atoms with Gasteiger partial charge in [-0.1, -0.05) is 5.16 Å². The van der Waals surface area contributed by atoms with E-state index in [1.165, 1.54) is 4.90 Å². The third-order valence-corrected chi connectivity index (χ3v) is 3.75. The SMILES string of the molecule is CN(Cc1nc(-c2cccnc2)no1)C(=O)c1ccn2nccc2c1. The molecule has 4 heterocycles. The lowest BCUT2D eigenvalue weighted by Gasteiger charge is -2.14. The molecule has 0 aliphatic rings. The van der Waals surface area contributed by atoms with Crippen LogP contribution in [0.1, 0.15) is 16.2 Å². The predicted molar refractivity (Wildman–Crippen MR) is 88.5 cm³/mol. The lowest BCUT2D eigenvalue weighted by molar-refractivity contribution is 0.0769. The first-order chi connectivity index (χ1) is 12.2. The molecular formula is C17H14N6O2. The zero-order valence-electron chi connectivity index (χ0n) is 13.4. The molecule has 0 saturated heterocycles. The summed E-state index contributed by atoms with van der Waals surface area (Å²) in [6, 6.07) is 9.01. The molecular weight excluding hydrogens is 320 g/mol. The molecule has 0 bridgehead atoms. The fourth-order valence-electron chi connectivity index (χ4n) is 2.48. The van der Waals surface area contributed by atoms with Crippen LogP contribution >= 0.6 is 0 Å². The van der Waals surface area contributed by atoms with Gasteiger partial charge in [0.25, 0.3) is 5.91 Å². The monoisotopic (exact) mass is 334 g/mol. The number of aromatic nitrogens is 5. The molecule has 25 heavy (non-hydrogen) atoms. The molecule has 0 N–H and O–H groups in total. The lowest BCUT2D eigenvalue weighted by atomic mass is 10.2. The highest BCUT2D eigenvalue weighted by atomic mass is 16.5. The number of hydrogen-bond donors (Lipinski definition) is 0. The van der Waals surface area contributed by atoms with Gasteiger partial charge in [-0.05, 0) is 30.3 Å². The molecule has 0 unspecified atom stereocenters. The molecule has 0 radical (unpaired) electrons. The van der Waals surface area contributed by atoms with Gasteiger partial charge >= 0.3 is 0 Å². The van der Waals surface area contributed by atoms with Crippen LogP contribution in [0.5, 0.6) is 0 Å². The summed E-state index contributed by atoms with van der Waals surface area (Å²) in [6.45, 7) is 0.219. The van der Waals surface area contributed by atoms with Crippen LogP contribution in [0, 0.1) is 0 Å². The Morgan fingerprint density at radius 2 is 2.20 bits per heavy atom. The zero-order chi connectivity index (χ0) is 17.2. The molecule has 8 heteroatoms. The summed E-state index contributed by atoms with van der Waals surface area (Å²) in [7, 11) is 1.69. The number of rotatable bonds is 4. The first-order valence-corrected chi connectivity index (χ1v) is 7.62. The molecule has 0 atom stereocenters. The van der Waals surface area contributed by atoms with Crippen molar-refractivity contribution >= 4 is 11.4 Å². The van der Waals surface area contributed by atoms with Gasteiger partial charge in [0.15, 0.2) is 0 Å². The van der Waals surface area contributed by atoms with Crippen LogP contribution in [0.2, 0.25) is 0 Å². The number of carbonyl (C=O) groups excluding carboxylic acids is 1. The van der Waals surface area contributed by atoms with Crippen molar-refractivity contribution in [1.29, 1.82) is 0 Å². The summed E-state index contributed by atoms with van der Waals surface area (Å²) < 4.78 is 6.94. The smallest absolute Gasteiger partial charge is 0.254 e. The van der Waals surface area contributed by atoms with E-state index >= 15 is 0 Å². The minimum absolute atomic E-state index is 0.134. The molecule has 0 fully saturated rings. The average Bonchev–Trinajstić information content (AvgIpc) is 3.30. The maximum atomic E-state index is 12.6. The van der Waals surface area contributed by atoms with Crippen molar-refractivity contribution in [3.8, 4) is 11.4 Å². The molecule has 4 rings (SSSR count). The van der Waals surface area contributed by atoms with Crippen LogP contribution in [-0.4, -0.2) is 42.6 Å². The fourth-order valence-corrected chi connectivity index (χ4v) is 2.48. The number of amides is 1. The van der Waals surface area contributed by atoms with Gasteiger partial charge < -0.3 is 9.42 Å². The number of pyridine rings is 2. The van der Waals surface area contributed by atoms with Crippen molar-refractivity contribution < 1.29 is 9.32 Å². The van der Waals surface area contributed by atoms with E-state index in [2.05, 4.69) is 20.2 Å². The summed E-state index contributed by atoms with van der Waals surface area (Å²) in [5.74, 6) is 0.676. The van der Waals surface area contributed by atoms with Gasteiger partial charge in [-0.2, -0.15) is 10.1 Å². The van der Waals surface area contributed by atoms with Crippen LogP contribution in [0.25, 0.3) is 16.9 Å². The van der Waals surface area contributed by atoms with E-state index in [9.17, 15) is 4.79 Å². The summed E-state index contributed by atoms with van der Waals surface area (Å²) in [6.07, 6.45) is 6.77. The molecule has 0 aliphatic heterocycles. The van der Waals surface area contributed by atoms with E-state index in [4.69, 9.17) is 4.52 Å². The highest BCUT2D eigenvalue weighted by Crippen LogP contribution is 2.15. The van der Waals surface area contributed by atoms with Gasteiger partial charge in [-0.15, -0.1) is 0 Å². The molecule has 4 aromatic heterocycles. The van der Waals surface area contributed by atoms with E-state index in [1.54, 1.807) is 54.5 Å².